The predicted octanol–water partition coefficient (Wildman–Crippen LogP) is 1.05. The molecule has 3 N–H and O–H groups in total. The fourth-order valence-electron chi connectivity index (χ4n) is 3.03. The van der Waals surface area contributed by atoms with Crippen LogP contribution >= 0.6 is 0 Å². The van der Waals surface area contributed by atoms with E-state index < -0.39 is 0 Å². The van der Waals surface area contributed by atoms with E-state index in [1.165, 1.54) is 5.52 Å². The molecule has 0 atom stereocenters. The molecule has 0 spiro atoms. The van der Waals surface area contributed by atoms with Crippen molar-refractivity contribution in [3.63, 3.8) is 0 Å². The van der Waals surface area contributed by atoms with Gasteiger partial charge in [0, 0.05) is 32.7 Å². The number of imidazole rings is 1. The molecule has 3 rings (SSSR count). The Bertz CT molecular complexity index is 677. The van der Waals surface area contributed by atoms with Gasteiger partial charge >= 0.3 is 0 Å². The summed E-state index contributed by atoms with van der Waals surface area (Å²) in [6.45, 7) is 7.32. The zero-order chi connectivity index (χ0) is 17.3. The number of para-hydroxylation sites is 2. The van der Waals surface area contributed by atoms with Crippen molar-refractivity contribution >= 4 is 17.0 Å². The number of hydrogen-bond acceptors (Lipinski definition) is 4. The fraction of sp³-hybridized carbons (Fsp3) is 0.556. The van der Waals surface area contributed by atoms with Crippen molar-refractivity contribution in [2.75, 3.05) is 45.9 Å². The first-order valence-corrected chi connectivity index (χ1v) is 9.07. The maximum Gasteiger partial charge on any atom is 0.188 e. The smallest absolute Gasteiger partial charge is 0.188 e. The van der Waals surface area contributed by atoms with Crippen molar-refractivity contribution in [1.82, 2.24) is 19.8 Å². The van der Waals surface area contributed by atoms with E-state index in [1.807, 2.05) is 24.5 Å². The van der Waals surface area contributed by atoms with Crippen molar-refractivity contribution in [2.24, 2.45) is 10.7 Å². The van der Waals surface area contributed by atoms with Gasteiger partial charge in [-0.3, -0.25) is 9.89 Å². The highest BCUT2D eigenvalue weighted by molar-refractivity contribution is 5.77. The van der Waals surface area contributed by atoms with E-state index in [0.29, 0.717) is 5.96 Å². The molecule has 2 aromatic rings. The van der Waals surface area contributed by atoms with Crippen LogP contribution < -0.4 is 11.1 Å². The van der Waals surface area contributed by atoms with Gasteiger partial charge < -0.3 is 20.4 Å². The lowest BCUT2D eigenvalue weighted by atomic mass is 10.3. The van der Waals surface area contributed by atoms with Gasteiger partial charge in [-0.05, 0) is 31.5 Å². The number of nitrogens with one attached hydrogen (secondary N) is 1. The van der Waals surface area contributed by atoms with Gasteiger partial charge in [0.05, 0.1) is 30.6 Å². The van der Waals surface area contributed by atoms with Gasteiger partial charge in [-0.25, -0.2) is 4.98 Å². The Morgan fingerprint density at radius 2 is 2.04 bits per heavy atom. The van der Waals surface area contributed by atoms with E-state index in [0.717, 1.165) is 70.8 Å². The van der Waals surface area contributed by atoms with Gasteiger partial charge in [-0.15, -0.1) is 0 Å². The number of nitrogens with two attached hydrogens (primary N) is 1. The van der Waals surface area contributed by atoms with Crippen molar-refractivity contribution < 1.29 is 4.74 Å². The standard InChI is InChI=1S/C18H28N6O/c19-18(20-7-3-9-23-11-13-25-14-12-23)21-8-4-10-24-15-22-16-5-1-2-6-17(16)24/h1-2,5-6,15H,3-4,7-14H2,(H3,19,20,21). The maximum atomic E-state index is 5.93. The van der Waals surface area contributed by atoms with Crippen LogP contribution in [0.15, 0.2) is 35.6 Å². The third-order valence-corrected chi connectivity index (χ3v) is 4.43. The number of aromatic nitrogens is 2. The second-order valence-electron chi connectivity index (χ2n) is 6.28. The minimum atomic E-state index is 0.539. The lowest BCUT2D eigenvalue weighted by Gasteiger charge is -2.26. The first-order chi connectivity index (χ1) is 12.3. The molecule has 0 amide bonds. The van der Waals surface area contributed by atoms with E-state index in [4.69, 9.17) is 10.5 Å². The third-order valence-electron chi connectivity index (χ3n) is 4.43. The number of aliphatic imine (C=N–C) groups is 1. The van der Waals surface area contributed by atoms with Gasteiger partial charge in [-0.1, -0.05) is 12.1 Å². The Hall–Kier alpha value is -2.12. The molecule has 2 heterocycles. The molecule has 136 valence electrons. The summed E-state index contributed by atoms with van der Waals surface area (Å²) in [5.41, 5.74) is 8.13. The number of guanidine groups is 1. The Labute approximate surface area is 148 Å². The monoisotopic (exact) mass is 344 g/mol. The number of fused-ring (bicyclic) bond motifs is 1. The highest BCUT2D eigenvalue weighted by Gasteiger charge is 2.08. The summed E-state index contributed by atoms with van der Waals surface area (Å²) in [7, 11) is 0. The number of hydrogen-bond donors (Lipinski definition) is 2. The topological polar surface area (TPSA) is 80.7 Å². The molecule has 0 aliphatic carbocycles. The second-order valence-corrected chi connectivity index (χ2v) is 6.28. The molecule has 1 saturated heterocycles. The van der Waals surface area contributed by atoms with Crippen molar-refractivity contribution in [1.29, 1.82) is 0 Å². The molecule has 1 aliphatic rings. The summed E-state index contributed by atoms with van der Waals surface area (Å²) >= 11 is 0. The summed E-state index contributed by atoms with van der Waals surface area (Å²) < 4.78 is 7.51. The number of ether oxygens (including phenoxy) is 1. The van der Waals surface area contributed by atoms with E-state index >= 15 is 0 Å². The summed E-state index contributed by atoms with van der Waals surface area (Å²) in [6.07, 6.45) is 3.90. The average Bonchev–Trinajstić information content (AvgIpc) is 3.06. The Kier molecular flexibility index (Phi) is 6.64. The summed E-state index contributed by atoms with van der Waals surface area (Å²) in [4.78, 5) is 11.2. The van der Waals surface area contributed by atoms with Crippen LogP contribution in [0.5, 0.6) is 0 Å². The van der Waals surface area contributed by atoms with Crippen LogP contribution in [0, 0.1) is 0 Å². The number of benzene rings is 1. The molecule has 7 heteroatoms. The molecule has 0 saturated carbocycles. The molecular formula is C18H28N6O. The Balaban J connectivity index is 1.30. The molecule has 1 aliphatic heterocycles. The molecule has 0 bridgehead atoms. The lowest BCUT2D eigenvalue weighted by molar-refractivity contribution is 0.0376. The first-order valence-electron chi connectivity index (χ1n) is 9.07. The predicted molar refractivity (Wildman–Crippen MR) is 101 cm³/mol. The number of morpholine rings is 1. The zero-order valence-electron chi connectivity index (χ0n) is 14.7. The number of aryl methyl sites for hydroxylation is 1. The molecule has 1 aromatic heterocycles. The normalized spacial score (nSPS) is 16.4. The summed E-state index contributed by atoms with van der Waals surface area (Å²) in [6, 6.07) is 8.17. The van der Waals surface area contributed by atoms with Crippen molar-refractivity contribution in [2.45, 2.75) is 19.4 Å². The van der Waals surface area contributed by atoms with Crippen LogP contribution in [0.4, 0.5) is 0 Å². The molecule has 1 fully saturated rings. The SMILES string of the molecule is NC(=NCCCn1cnc2ccccc21)NCCCN1CCOCC1. The van der Waals surface area contributed by atoms with Crippen molar-refractivity contribution in [3.05, 3.63) is 30.6 Å². The maximum absolute atomic E-state index is 5.93. The van der Waals surface area contributed by atoms with Crippen LogP contribution in [0.3, 0.4) is 0 Å². The minimum Gasteiger partial charge on any atom is -0.379 e. The van der Waals surface area contributed by atoms with Crippen LogP contribution in [0.25, 0.3) is 11.0 Å². The van der Waals surface area contributed by atoms with E-state index in [2.05, 4.69) is 30.8 Å². The van der Waals surface area contributed by atoms with Gasteiger partial charge in [0.25, 0.3) is 0 Å². The Morgan fingerprint density at radius 3 is 2.92 bits per heavy atom. The average molecular weight is 344 g/mol. The van der Waals surface area contributed by atoms with Crippen LogP contribution in [-0.4, -0.2) is 66.3 Å². The van der Waals surface area contributed by atoms with E-state index in [1.54, 1.807) is 0 Å². The van der Waals surface area contributed by atoms with Crippen molar-refractivity contribution in [3.8, 4) is 0 Å². The highest BCUT2D eigenvalue weighted by Crippen LogP contribution is 2.11. The van der Waals surface area contributed by atoms with E-state index in [-0.39, 0.29) is 0 Å². The van der Waals surface area contributed by atoms with Crippen LogP contribution in [0.1, 0.15) is 12.8 Å². The van der Waals surface area contributed by atoms with Gasteiger partial charge in [0.1, 0.15) is 0 Å². The molecule has 0 unspecified atom stereocenters. The summed E-state index contributed by atoms with van der Waals surface area (Å²) in [5, 5.41) is 3.20. The molecule has 0 radical (unpaired) electrons. The quantitative estimate of drug-likeness (QED) is 0.425. The zero-order valence-corrected chi connectivity index (χ0v) is 14.7. The second kappa shape index (κ2) is 9.39. The van der Waals surface area contributed by atoms with Crippen LogP contribution in [0.2, 0.25) is 0 Å². The largest absolute Gasteiger partial charge is 0.379 e. The van der Waals surface area contributed by atoms with Gasteiger partial charge in [0.15, 0.2) is 5.96 Å². The van der Waals surface area contributed by atoms with Gasteiger partial charge in [0.2, 0.25) is 0 Å². The first kappa shape index (κ1) is 17.7. The molecular weight excluding hydrogens is 316 g/mol. The van der Waals surface area contributed by atoms with Crippen LogP contribution in [-0.2, 0) is 11.3 Å². The third kappa shape index (κ3) is 5.44. The Morgan fingerprint density at radius 1 is 1.20 bits per heavy atom. The molecule has 7 nitrogen and oxygen atoms in total. The highest BCUT2D eigenvalue weighted by atomic mass is 16.5. The molecule has 1 aromatic carbocycles. The lowest BCUT2D eigenvalue weighted by Crippen LogP contribution is -2.39. The summed E-state index contributed by atoms with van der Waals surface area (Å²) in [5.74, 6) is 0.539. The van der Waals surface area contributed by atoms with E-state index in [9.17, 15) is 0 Å². The number of rotatable bonds is 8. The molecule has 25 heavy (non-hydrogen) atoms. The number of nitrogens with zero attached hydrogens (tertiary/aromatic N) is 4. The fourth-order valence-corrected chi connectivity index (χ4v) is 3.03. The minimum absolute atomic E-state index is 0.539. The van der Waals surface area contributed by atoms with Gasteiger partial charge in [-0.2, -0.15) is 0 Å².